The van der Waals surface area contributed by atoms with E-state index in [2.05, 4.69) is 0 Å². The third kappa shape index (κ3) is 3.42. The number of nitrogens with zero attached hydrogens (tertiary/aromatic N) is 2. The summed E-state index contributed by atoms with van der Waals surface area (Å²) >= 11 is 0. The van der Waals surface area contributed by atoms with Gasteiger partial charge in [-0.3, -0.25) is 14.9 Å². The zero-order chi connectivity index (χ0) is 17.1. The highest BCUT2D eigenvalue weighted by Gasteiger charge is 2.21. The van der Waals surface area contributed by atoms with E-state index in [0.29, 0.717) is 0 Å². The summed E-state index contributed by atoms with van der Waals surface area (Å²) in [6.45, 7) is 0. The van der Waals surface area contributed by atoms with Crippen molar-refractivity contribution < 1.29 is 23.2 Å². The molecule has 0 radical (unpaired) electrons. The van der Waals surface area contributed by atoms with Gasteiger partial charge >= 0.3 is 5.69 Å². The molecule has 2 aromatic rings. The lowest BCUT2D eigenvalue weighted by Crippen LogP contribution is -2.26. The SMILES string of the molecule is COc1cc(F)cc(N(C)C(=O)c2ccc(F)c([N+](=O)[O-])c2)c1. The van der Waals surface area contributed by atoms with Crippen LogP contribution in [-0.4, -0.2) is 25.0 Å². The number of nitro benzene ring substituents is 1. The number of halogens is 2. The van der Waals surface area contributed by atoms with Crippen molar-refractivity contribution in [2.24, 2.45) is 0 Å². The number of nitro groups is 1. The second kappa shape index (κ2) is 6.39. The Morgan fingerprint density at radius 2 is 1.91 bits per heavy atom. The van der Waals surface area contributed by atoms with E-state index in [4.69, 9.17) is 4.74 Å². The van der Waals surface area contributed by atoms with E-state index in [9.17, 15) is 23.7 Å². The standard InChI is InChI=1S/C15H12F2N2O4/c1-18(11-6-10(16)7-12(8-11)23-2)15(20)9-3-4-13(17)14(5-9)19(21)22/h3-8H,1-2H3. The molecule has 2 aromatic carbocycles. The van der Waals surface area contributed by atoms with Gasteiger partial charge < -0.3 is 9.64 Å². The summed E-state index contributed by atoms with van der Waals surface area (Å²) in [6, 6.07) is 6.48. The molecule has 0 aromatic heterocycles. The Morgan fingerprint density at radius 3 is 2.52 bits per heavy atom. The quantitative estimate of drug-likeness (QED) is 0.640. The van der Waals surface area contributed by atoms with Crippen LogP contribution in [0.5, 0.6) is 5.75 Å². The van der Waals surface area contributed by atoms with Crippen molar-refractivity contribution >= 4 is 17.3 Å². The molecule has 0 saturated heterocycles. The predicted molar refractivity (Wildman–Crippen MR) is 78.7 cm³/mol. The molecule has 0 heterocycles. The number of carbonyl (C=O) groups is 1. The van der Waals surface area contributed by atoms with Crippen LogP contribution in [0.25, 0.3) is 0 Å². The Hall–Kier alpha value is -3.03. The van der Waals surface area contributed by atoms with Gasteiger partial charge in [-0.25, -0.2) is 4.39 Å². The maximum atomic E-state index is 13.5. The number of anilines is 1. The molecule has 23 heavy (non-hydrogen) atoms. The summed E-state index contributed by atoms with van der Waals surface area (Å²) < 4.78 is 31.8. The molecule has 0 unspecified atom stereocenters. The number of amides is 1. The molecule has 120 valence electrons. The number of ether oxygens (including phenoxy) is 1. The minimum atomic E-state index is -1.04. The average Bonchev–Trinajstić information content (AvgIpc) is 2.53. The summed E-state index contributed by atoms with van der Waals surface area (Å²) in [5, 5.41) is 10.7. The normalized spacial score (nSPS) is 10.3. The summed E-state index contributed by atoms with van der Waals surface area (Å²) in [7, 11) is 2.72. The van der Waals surface area contributed by atoms with Gasteiger partial charge in [-0.15, -0.1) is 0 Å². The molecule has 0 N–H and O–H groups in total. The molecule has 6 nitrogen and oxygen atoms in total. The first-order chi connectivity index (χ1) is 10.8. The molecule has 0 bridgehead atoms. The lowest BCUT2D eigenvalue weighted by molar-refractivity contribution is -0.387. The Balaban J connectivity index is 2.38. The largest absolute Gasteiger partial charge is 0.497 e. The highest BCUT2D eigenvalue weighted by atomic mass is 19.1. The molecule has 0 saturated carbocycles. The fourth-order valence-electron chi connectivity index (χ4n) is 1.96. The summed E-state index contributed by atoms with van der Waals surface area (Å²) in [4.78, 5) is 23.3. The second-order valence-corrected chi connectivity index (χ2v) is 4.64. The molecule has 0 spiro atoms. The second-order valence-electron chi connectivity index (χ2n) is 4.64. The summed E-state index contributed by atoms with van der Waals surface area (Å²) in [6.07, 6.45) is 0. The molecule has 0 fully saturated rings. The number of methoxy groups -OCH3 is 1. The first-order valence-electron chi connectivity index (χ1n) is 6.40. The third-order valence-electron chi connectivity index (χ3n) is 3.17. The molecular weight excluding hydrogens is 310 g/mol. The fourth-order valence-corrected chi connectivity index (χ4v) is 1.96. The van der Waals surface area contributed by atoms with Crippen LogP contribution in [0.3, 0.4) is 0 Å². The van der Waals surface area contributed by atoms with E-state index in [0.717, 1.165) is 35.2 Å². The minimum absolute atomic E-state index is 0.0937. The van der Waals surface area contributed by atoms with Gasteiger partial charge in [0.25, 0.3) is 5.91 Å². The lowest BCUT2D eigenvalue weighted by atomic mass is 10.1. The zero-order valence-electron chi connectivity index (χ0n) is 12.2. The van der Waals surface area contributed by atoms with Crippen LogP contribution < -0.4 is 9.64 Å². The van der Waals surface area contributed by atoms with E-state index in [1.165, 1.54) is 20.2 Å². The van der Waals surface area contributed by atoms with E-state index in [-0.39, 0.29) is 17.0 Å². The monoisotopic (exact) mass is 322 g/mol. The van der Waals surface area contributed by atoms with Crippen molar-refractivity contribution in [2.45, 2.75) is 0 Å². The number of hydrogen-bond donors (Lipinski definition) is 0. The lowest BCUT2D eigenvalue weighted by Gasteiger charge is -2.18. The Morgan fingerprint density at radius 1 is 1.22 bits per heavy atom. The molecule has 2 rings (SSSR count). The van der Waals surface area contributed by atoms with Crippen molar-refractivity contribution in [3.8, 4) is 5.75 Å². The molecule has 0 aliphatic rings. The van der Waals surface area contributed by atoms with E-state index < -0.39 is 28.2 Å². The molecule has 8 heteroatoms. The number of benzene rings is 2. The van der Waals surface area contributed by atoms with Crippen LogP contribution >= 0.6 is 0 Å². The van der Waals surface area contributed by atoms with Crippen LogP contribution in [0.4, 0.5) is 20.2 Å². The van der Waals surface area contributed by atoms with Crippen LogP contribution in [0.1, 0.15) is 10.4 Å². The summed E-state index contributed by atoms with van der Waals surface area (Å²) in [5.41, 5.74) is -0.705. The van der Waals surface area contributed by atoms with Gasteiger partial charge in [0.15, 0.2) is 0 Å². The van der Waals surface area contributed by atoms with Gasteiger partial charge in [-0.2, -0.15) is 4.39 Å². The Bertz CT molecular complexity index is 780. The minimum Gasteiger partial charge on any atom is -0.497 e. The summed E-state index contributed by atoms with van der Waals surface area (Å²) in [5.74, 6) is -2.09. The number of hydrogen-bond acceptors (Lipinski definition) is 4. The maximum Gasteiger partial charge on any atom is 0.305 e. The molecule has 1 amide bonds. The van der Waals surface area contributed by atoms with Gasteiger partial charge in [-0.05, 0) is 18.2 Å². The first kappa shape index (κ1) is 16.3. The number of rotatable bonds is 4. The van der Waals surface area contributed by atoms with E-state index >= 15 is 0 Å². The molecular formula is C15H12F2N2O4. The number of carbonyl (C=O) groups excluding carboxylic acids is 1. The van der Waals surface area contributed by atoms with Crippen molar-refractivity contribution in [1.82, 2.24) is 0 Å². The van der Waals surface area contributed by atoms with Crippen molar-refractivity contribution in [3.05, 3.63) is 63.7 Å². The maximum absolute atomic E-state index is 13.5. The zero-order valence-corrected chi connectivity index (χ0v) is 12.2. The van der Waals surface area contributed by atoms with Gasteiger partial charge in [0.1, 0.15) is 11.6 Å². The average molecular weight is 322 g/mol. The van der Waals surface area contributed by atoms with Crippen molar-refractivity contribution in [2.75, 3.05) is 19.1 Å². The highest BCUT2D eigenvalue weighted by Crippen LogP contribution is 2.25. The smallest absolute Gasteiger partial charge is 0.305 e. The fraction of sp³-hybridized carbons (Fsp3) is 0.133. The van der Waals surface area contributed by atoms with Crippen LogP contribution in [0, 0.1) is 21.7 Å². The topological polar surface area (TPSA) is 72.7 Å². The third-order valence-corrected chi connectivity index (χ3v) is 3.17. The highest BCUT2D eigenvalue weighted by molar-refractivity contribution is 6.06. The van der Waals surface area contributed by atoms with Crippen molar-refractivity contribution in [1.29, 1.82) is 0 Å². The van der Waals surface area contributed by atoms with Crippen LogP contribution in [-0.2, 0) is 0 Å². The molecule has 0 atom stereocenters. The Kier molecular flexibility index (Phi) is 4.54. The van der Waals surface area contributed by atoms with Gasteiger partial charge in [-0.1, -0.05) is 0 Å². The molecule has 0 aliphatic carbocycles. The van der Waals surface area contributed by atoms with Crippen molar-refractivity contribution in [3.63, 3.8) is 0 Å². The van der Waals surface area contributed by atoms with Gasteiger partial charge in [0.05, 0.1) is 17.7 Å². The molecule has 0 aliphatic heterocycles. The van der Waals surface area contributed by atoms with E-state index in [1.54, 1.807) is 0 Å². The van der Waals surface area contributed by atoms with Crippen LogP contribution in [0.2, 0.25) is 0 Å². The predicted octanol–water partition coefficient (Wildman–Crippen LogP) is 3.16. The first-order valence-corrected chi connectivity index (χ1v) is 6.40. The Labute approximate surface area is 130 Å². The van der Waals surface area contributed by atoms with E-state index in [1.807, 2.05) is 0 Å². The van der Waals surface area contributed by atoms with Crippen LogP contribution in [0.15, 0.2) is 36.4 Å². The van der Waals surface area contributed by atoms with Gasteiger partial charge in [0, 0.05) is 30.8 Å². The van der Waals surface area contributed by atoms with Gasteiger partial charge in [0.2, 0.25) is 5.82 Å².